The summed E-state index contributed by atoms with van der Waals surface area (Å²) in [7, 11) is -3.26. The molecule has 2 heterocycles. The first-order valence-corrected chi connectivity index (χ1v) is 13.4. The van der Waals surface area contributed by atoms with Gasteiger partial charge in [-0.2, -0.15) is 0 Å². The van der Waals surface area contributed by atoms with Crippen LogP contribution in [0.25, 0.3) is 0 Å². The molecule has 0 unspecified atom stereocenters. The number of likely N-dealkylation sites (tertiary alicyclic amines) is 1. The van der Waals surface area contributed by atoms with Gasteiger partial charge in [0.25, 0.3) is 0 Å². The fourth-order valence-corrected chi connectivity index (χ4v) is 11.8. The quantitative estimate of drug-likeness (QED) is 0.232. The van der Waals surface area contributed by atoms with Crippen molar-refractivity contribution in [1.82, 2.24) is 4.90 Å². The Morgan fingerprint density at radius 1 is 0.958 bits per heavy atom. The smallest absolute Gasteiger partial charge is 0.0163 e. The minimum absolute atomic E-state index is 0.533. The van der Waals surface area contributed by atoms with E-state index >= 15 is 0 Å². The number of hydrogen-bond donors (Lipinski definition) is 0. The molecule has 1 saturated heterocycles. The maximum atomic E-state index is 12.3. The number of thiocarbonyl (C=S) groups is 1. The predicted molar refractivity (Wildman–Crippen MR) is 104 cm³/mol. The van der Waals surface area contributed by atoms with Crippen molar-refractivity contribution in [2.45, 2.75) is 22.6 Å². The topological polar surface area (TPSA) is 37.4 Å². The number of fused-ring (bicyclic) bond motifs is 2. The van der Waals surface area contributed by atoms with Crippen molar-refractivity contribution in [3.8, 4) is 0 Å². The fourth-order valence-electron chi connectivity index (χ4n) is 2.70. The van der Waals surface area contributed by atoms with E-state index in [0.29, 0.717) is 14.1 Å². The van der Waals surface area contributed by atoms with Crippen molar-refractivity contribution >= 4 is 68.8 Å². The Labute approximate surface area is 165 Å². The summed E-state index contributed by atoms with van der Waals surface area (Å²) in [5.74, 6) is 0. The molecule has 0 atom stereocenters. The first kappa shape index (κ1) is 18.2. The van der Waals surface area contributed by atoms with Gasteiger partial charge in [-0.05, 0) is 12.8 Å². The molecule has 2 aromatic carbocycles. The summed E-state index contributed by atoms with van der Waals surface area (Å²) in [6.45, 7) is 2.17. The summed E-state index contributed by atoms with van der Waals surface area (Å²) in [6.07, 6.45) is 2.52. The van der Waals surface area contributed by atoms with E-state index < -0.39 is 33.1 Å². The van der Waals surface area contributed by atoms with E-state index in [4.69, 9.17) is 24.8 Å². The number of rotatable bonds is 0. The zero-order chi connectivity index (χ0) is 17.2. The van der Waals surface area contributed by atoms with Gasteiger partial charge in [-0.15, -0.1) is 0 Å². The summed E-state index contributed by atoms with van der Waals surface area (Å²) in [6, 6.07) is 14.8. The molecule has 0 saturated carbocycles. The van der Waals surface area contributed by atoms with Gasteiger partial charge in [0.1, 0.15) is 0 Å². The van der Waals surface area contributed by atoms with Crippen molar-refractivity contribution < 1.29 is 8.42 Å². The second kappa shape index (κ2) is 7.73. The van der Waals surface area contributed by atoms with E-state index in [9.17, 15) is 8.42 Å². The Kier molecular flexibility index (Phi) is 5.86. The zero-order valence-corrected chi connectivity index (χ0v) is 18.8. The van der Waals surface area contributed by atoms with Crippen molar-refractivity contribution in [2.75, 3.05) is 13.1 Å². The van der Waals surface area contributed by atoms with E-state index in [-0.39, 0.29) is 0 Å². The molecule has 0 aromatic heterocycles. The normalized spacial score (nSPS) is 17.2. The molecule has 0 spiro atoms. The summed E-state index contributed by atoms with van der Waals surface area (Å²) in [5.41, 5.74) is 0. The predicted octanol–water partition coefficient (Wildman–Crippen LogP) is 1.40. The van der Waals surface area contributed by atoms with Crippen LogP contribution in [-0.2, 0) is 22.5 Å². The molecule has 0 bridgehead atoms. The van der Waals surface area contributed by atoms with Crippen molar-refractivity contribution in [3.05, 3.63) is 48.5 Å². The zero-order valence-electron chi connectivity index (χ0n) is 12.9. The van der Waals surface area contributed by atoms with Crippen LogP contribution in [0.3, 0.4) is 0 Å². The molecule has 0 aliphatic carbocycles. The average molecular weight is 572 g/mol. The van der Waals surface area contributed by atoms with Crippen LogP contribution in [0.4, 0.5) is 0 Å². The second-order valence-electron chi connectivity index (χ2n) is 5.51. The molecule has 1 fully saturated rings. The number of benzene rings is 2. The number of hydrogen-bond acceptors (Lipinski definition) is 4. The van der Waals surface area contributed by atoms with Crippen LogP contribution in [-0.4, -0.2) is 54.0 Å². The van der Waals surface area contributed by atoms with Crippen LogP contribution in [0.5, 0.6) is 0 Å². The Balaban J connectivity index is 0.000000179. The molecule has 7 heteroatoms. The Hall–Kier alpha value is -0.617. The Morgan fingerprint density at radius 3 is 1.83 bits per heavy atom. The number of nitrogens with zero attached hydrogens (tertiary/aromatic N) is 1. The molecule has 2 aliphatic heterocycles. The van der Waals surface area contributed by atoms with Gasteiger partial charge in [-0.3, -0.25) is 0 Å². The minimum atomic E-state index is -3.26. The number of sulfone groups is 1. The first-order valence-electron chi connectivity index (χ1n) is 7.61. The molecule has 4 rings (SSSR count). The molecule has 2 radical (unpaired) electrons. The van der Waals surface area contributed by atoms with Crippen LogP contribution in [0.1, 0.15) is 12.8 Å². The maximum absolute atomic E-state index is 12.3. The van der Waals surface area contributed by atoms with Crippen LogP contribution in [0, 0.1) is 0 Å². The van der Waals surface area contributed by atoms with E-state index in [0.717, 1.165) is 19.6 Å². The van der Waals surface area contributed by atoms with Gasteiger partial charge in [0.15, 0.2) is 0 Å². The summed E-state index contributed by atoms with van der Waals surface area (Å²) < 4.78 is 27.4. The first-order chi connectivity index (χ1) is 11.5. The van der Waals surface area contributed by atoms with Crippen LogP contribution in [0.2, 0.25) is 0 Å². The third kappa shape index (κ3) is 3.80. The van der Waals surface area contributed by atoms with Crippen molar-refractivity contribution in [1.29, 1.82) is 0 Å². The monoisotopic (exact) mass is 571 g/mol. The maximum Gasteiger partial charge on any atom is 0.0163 e. The Bertz CT molecular complexity index is 810. The van der Waals surface area contributed by atoms with Crippen LogP contribution in [0.15, 0.2) is 58.3 Å². The molecular formula is C17H16BiNO2S3. The molecule has 124 valence electrons. The van der Waals surface area contributed by atoms with Crippen molar-refractivity contribution in [2.24, 2.45) is 0 Å². The van der Waals surface area contributed by atoms with E-state index in [1.807, 2.05) is 24.3 Å². The van der Waals surface area contributed by atoms with Gasteiger partial charge >= 0.3 is 106 Å². The summed E-state index contributed by atoms with van der Waals surface area (Å²) in [5, 5.41) is 0. The van der Waals surface area contributed by atoms with Gasteiger partial charge < -0.3 is 29.7 Å². The largest absolute Gasteiger partial charge is 0.411 e. The van der Waals surface area contributed by atoms with E-state index in [1.165, 1.54) is 12.8 Å². The van der Waals surface area contributed by atoms with Crippen LogP contribution >= 0.6 is 12.2 Å². The molecule has 3 nitrogen and oxygen atoms in total. The van der Waals surface area contributed by atoms with Gasteiger partial charge in [-0.25, -0.2) is 0 Å². The molecule has 2 aliphatic rings. The Morgan fingerprint density at radius 2 is 1.42 bits per heavy atom. The summed E-state index contributed by atoms with van der Waals surface area (Å²) >= 11 is 8.55. The standard InChI is InChI=1S/C12H8O2S.C5H9NS2.Bi/c13-15(14,11-7-3-1-4-8-11)12-9-5-2-6-10-12;7-5(8)6-3-1-2-4-6;/h1-7,9H;1-4H2,(H,7,8);/q;;+1/p-1. The molecule has 2 aromatic rings. The molecular weight excluding hydrogens is 555 g/mol. The minimum Gasteiger partial charge on any atom is -0.411 e. The molecule has 24 heavy (non-hydrogen) atoms. The average Bonchev–Trinajstić information content (AvgIpc) is 3.11. The van der Waals surface area contributed by atoms with Gasteiger partial charge in [0.05, 0.1) is 0 Å². The molecule has 0 N–H and O–H groups in total. The second-order valence-corrected chi connectivity index (χ2v) is 13.0. The van der Waals surface area contributed by atoms with Gasteiger partial charge in [0, 0.05) is 13.1 Å². The van der Waals surface area contributed by atoms with Crippen LogP contribution < -0.4 is 6.54 Å². The van der Waals surface area contributed by atoms with Crippen molar-refractivity contribution in [3.63, 3.8) is 0 Å². The van der Waals surface area contributed by atoms with E-state index in [2.05, 4.69) is 4.90 Å². The van der Waals surface area contributed by atoms with E-state index in [1.54, 1.807) is 24.3 Å². The van der Waals surface area contributed by atoms with Gasteiger partial charge in [-0.1, -0.05) is 4.32 Å². The molecule has 0 amide bonds. The third-order valence-corrected chi connectivity index (χ3v) is 12.4. The fraction of sp³-hybridized carbons (Fsp3) is 0.235. The third-order valence-electron chi connectivity index (χ3n) is 3.91. The SMILES string of the molecule is O=S1(=O)c2cccc[c]2[Bi+][c]2ccccc21.S=C([S-])N1CCCC1. The summed E-state index contributed by atoms with van der Waals surface area (Å²) in [4.78, 5) is 3.14. The van der Waals surface area contributed by atoms with Gasteiger partial charge in [0.2, 0.25) is 0 Å².